The Labute approximate surface area is 98.6 Å². The molecule has 0 bridgehead atoms. The molecule has 16 heavy (non-hydrogen) atoms. The first kappa shape index (κ1) is 13.0. The summed E-state index contributed by atoms with van der Waals surface area (Å²) in [5, 5.41) is 0. The van der Waals surface area contributed by atoms with Gasteiger partial charge in [-0.3, -0.25) is 0 Å². The lowest BCUT2D eigenvalue weighted by Crippen LogP contribution is -2.07. The Morgan fingerprint density at radius 3 is 2.31 bits per heavy atom. The lowest BCUT2D eigenvalue weighted by Gasteiger charge is -2.07. The minimum absolute atomic E-state index is 0.634. The molecule has 0 fully saturated rings. The molecule has 0 saturated carbocycles. The molecule has 0 aromatic heterocycles. The number of ether oxygens (including phenoxy) is 2. The van der Waals surface area contributed by atoms with Crippen LogP contribution in [0.1, 0.15) is 32.3 Å². The number of hydrogen-bond acceptors (Lipinski definition) is 2. The first-order chi connectivity index (χ1) is 7.86. The fraction of sp³-hybridized carbons (Fsp3) is 0.571. The quantitative estimate of drug-likeness (QED) is 0.627. The summed E-state index contributed by atoms with van der Waals surface area (Å²) in [5.41, 5.74) is 1.34. The molecule has 0 atom stereocenters. The van der Waals surface area contributed by atoms with Crippen molar-refractivity contribution in [2.24, 2.45) is 0 Å². The molecule has 1 aromatic carbocycles. The van der Waals surface area contributed by atoms with E-state index in [9.17, 15) is 0 Å². The lowest BCUT2D eigenvalue weighted by atomic mass is 10.2. The average molecular weight is 222 g/mol. The van der Waals surface area contributed by atoms with Crippen LogP contribution in [0.25, 0.3) is 0 Å². The predicted octanol–water partition coefficient (Wildman–Crippen LogP) is 3.44. The van der Waals surface area contributed by atoms with Crippen LogP contribution in [0.5, 0.6) is 5.75 Å². The molecule has 0 aliphatic heterocycles. The first-order valence-electron chi connectivity index (χ1n) is 6.16. The highest BCUT2D eigenvalue weighted by molar-refractivity contribution is 5.27. The predicted molar refractivity (Wildman–Crippen MR) is 67.0 cm³/mol. The van der Waals surface area contributed by atoms with Crippen LogP contribution in [0.15, 0.2) is 24.3 Å². The molecule has 0 aliphatic rings. The maximum atomic E-state index is 5.56. The van der Waals surface area contributed by atoms with Crippen molar-refractivity contribution >= 4 is 0 Å². The van der Waals surface area contributed by atoms with E-state index in [-0.39, 0.29) is 0 Å². The van der Waals surface area contributed by atoms with Crippen LogP contribution in [-0.2, 0) is 11.2 Å². The first-order valence-corrected chi connectivity index (χ1v) is 6.16. The third-order valence-electron chi connectivity index (χ3n) is 2.47. The molecule has 0 heterocycles. The zero-order valence-corrected chi connectivity index (χ0v) is 10.4. The van der Waals surface area contributed by atoms with Gasteiger partial charge in [-0.2, -0.15) is 0 Å². The molecule has 90 valence electrons. The Kier molecular flexibility index (Phi) is 6.66. The molecular formula is C14H22O2. The van der Waals surface area contributed by atoms with E-state index < -0.39 is 0 Å². The third kappa shape index (κ3) is 5.17. The molecule has 0 unspecified atom stereocenters. The Morgan fingerprint density at radius 1 is 0.938 bits per heavy atom. The minimum Gasteiger partial charge on any atom is -0.491 e. The summed E-state index contributed by atoms with van der Waals surface area (Å²) in [5.74, 6) is 0.927. The Balaban J connectivity index is 2.12. The van der Waals surface area contributed by atoms with E-state index in [1.165, 1.54) is 12.0 Å². The van der Waals surface area contributed by atoms with Crippen molar-refractivity contribution in [2.45, 2.75) is 33.1 Å². The van der Waals surface area contributed by atoms with Crippen molar-refractivity contribution in [1.82, 2.24) is 0 Å². The second-order valence-corrected chi connectivity index (χ2v) is 3.81. The average Bonchev–Trinajstić information content (AvgIpc) is 2.34. The normalized spacial score (nSPS) is 10.4. The summed E-state index contributed by atoms with van der Waals surface area (Å²) in [6.45, 7) is 6.46. The summed E-state index contributed by atoms with van der Waals surface area (Å²) in [6, 6.07) is 8.25. The number of aryl methyl sites for hydroxylation is 1. The summed E-state index contributed by atoms with van der Waals surface area (Å²) in [7, 11) is 0. The molecule has 2 nitrogen and oxygen atoms in total. The molecule has 0 N–H and O–H groups in total. The van der Waals surface area contributed by atoms with Crippen molar-refractivity contribution < 1.29 is 9.47 Å². The van der Waals surface area contributed by atoms with Gasteiger partial charge < -0.3 is 9.47 Å². The zero-order chi connectivity index (χ0) is 11.6. The van der Waals surface area contributed by atoms with Gasteiger partial charge in [0.1, 0.15) is 12.4 Å². The highest BCUT2D eigenvalue weighted by Gasteiger charge is 1.94. The standard InChI is InChI=1S/C14H22O2/c1-3-5-10-15-11-12-16-14-8-6-13(4-2)7-9-14/h6-9H,3-5,10-12H2,1-2H3. The molecule has 0 amide bonds. The minimum atomic E-state index is 0.634. The van der Waals surface area contributed by atoms with Crippen molar-refractivity contribution in [3.8, 4) is 5.75 Å². The fourth-order valence-corrected chi connectivity index (χ4v) is 1.39. The molecular weight excluding hydrogens is 200 g/mol. The molecule has 0 radical (unpaired) electrons. The molecule has 0 saturated heterocycles. The van der Waals surface area contributed by atoms with E-state index in [2.05, 4.69) is 26.0 Å². The molecule has 1 aromatic rings. The molecule has 0 aliphatic carbocycles. The van der Waals surface area contributed by atoms with E-state index in [1.807, 2.05) is 12.1 Å². The number of hydrogen-bond donors (Lipinski definition) is 0. The Hall–Kier alpha value is -1.02. The van der Waals surface area contributed by atoms with Crippen LogP contribution in [0, 0.1) is 0 Å². The topological polar surface area (TPSA) is 18.5 Å². The highest BCUT2D eigenvalue weighted by atomic mass is 16.5. The summed E-state index contributed by atoms with van der Waals surface area (Å²) in [6.07, 6.45) is 3.38. The van der Waals surface area contributed by atoms with Gasteiger partial charge in [-0.25, -0.2) is 0 Å². The summed E-state index contributed by atoms with van der Waals surface area (Å²) in [4.78, 5) is 0. The molecule has 2 heteroatoms. The van der Waals surface area contributed by atoms with Gasteiger partial charge >= 0.3 is 0 Å². The summed E-state index contributed by atoms with van der Waals surface area (Å²) < 4.78 is 11.0. The number of benzene rings is 1. The van der Waals surface area contributed by atoms with E-state index >= 15 is 0 Å². The maximum absolute atomic E-state index is 5.56. The second kappa shape index (κ2) is 8.17. The Morgan fingerprint density at radius 2 is 1.69 bits per heavy atom. The van der Waals surface area contributed by atoms with Gasteiger partial charge in [0.25, 0.3) is 0 Å². The van der Waals surface area contributed by atoms with Gasteiger partial charge in [0.15, 0.2) is 0 Å². The van der Waals surface area contributed by atoms with E-state index in [1.54, 1.807) is 0 Å². The van der Waals surface area contributed by atoms with Crippen molar-refractivity contribution in [3.63, 3.8) is 0 Å². The monoisotopic (exact) mass is 222 g/mol. The van der Waals surface area contributed by atoms with Crippen LogP contribution in [0.3, 0.4) is 0 Å². The largest absolute Gasteiger partial charge is 0.491 e. The zero-order valence-electron chi connectivity index (χ0n) is 10.4. The van der Waals surface area contributed by atoms with Gasteiger partial charge in [0.05, 0.1) is 6.61 Å². The van der Waals surface area contributed by atoms with Gasteiger partial charge in [-0.1, -0.05) is 32.4 Å². The second-order valence-electron chi connectivity index (χ2n) is 3.81. The van der Waals surface area contributed by atoms with Crippen LogP contribution in [-0.4, -0.2) is 19.8 Å². The smallest absolute Gasteiger partial charge is 0.119 e. The van der Waals surface area contributed by atoms with E-state index in [0.717, 1.165) is 25.2 Å². The Bertz CT molecular complexity index is 267. The van der Waals surface area contributed by atoms with Crippen LogP contribution >= 0.6 is 0 Å². The van der Waals surface area contributed by atoms with Gasteiger partial charge in [0, 0.05) is 6.61 Å². The number of unbranched alkanes of at least 4 members (excludes halogenated alkanes) is 1. The van der Waals surface area contributed by atoms with Crippen LogP contribution in [0.2, 0.25) is 0 Å². The van der Waals surface area contributed by atoms with Crippen LogP contribution < -0.4 is 4.74 Å². The molecule has 0 spiro atoms. The lowest BCUT2D eigenvalue weighted by molar-refractivity contribution is 0.0980. The van der Waals surface area contributed by atoms with Gasteiger partial charge in [-0.15, -0.1) is 0 Å². The van der Waals surface area contributed by atoms with E-state index in [4.69, 9.17) is 9.47 Å². The number of rotatable bonds is 8. The van der Waals surface area contributed by atoms with Gasteiger partial charge in [-0.05, 0) is 30.5 Å². The third-order valence-corrected chi connectivity index (χ3v) is 2.47. The highest BCUT2D eigenvalue weighted by Crippen LogP contribution is 2.12. The maximum Gasteiger partial charge on any atom is 0.119 e. The molecule has 1 rings (SSSR count). The van der Waals surface area contributed by atoms with Crippen LogP contribution in [0.4, 0.5) is 0 Å². The van der Waals surface area contributed by atoms with Gasteiger partial charge in [0.2, 0.25) is 0 Å². The van der Waals surface area contributed by atoms with Crippen molar-refractivity contribution in [3.05, 3.63) is 29.8 Å². The fourth-order valence-electron chi connectivity index (χ4n) is 1.39. The van der Waals surface area contributed by atoms with E-state index in [0.29, 0.717) is 13.2 Å². The summed E-state index contributed by atoms with van der Waals surface area (Å²) >= 11 is 0. The van der Waals surface area contributed by atoms with Crippen molar-refractivity contribution in [2.75, 3.05) is 19.8 Å². The van der Waals surface area contributed by atoms with Crippen molar-refractivity contribution in [1.29, 1.82) is 0 Å². The SMILES string of the molecule is CCCCOCCOc1ccc(CC)cc1.